The van der Waals surface area contributed by atoms with Crippen LogP contribution in [0.1, 0.15) is 5.69 Å². The van der Waals surface area contributed by atoms with Gasteiger partial charge in [0.1, 0.15) is 5.69 Å². The molecule has 2 rings (SSSR count). The second-order valence-corrected chi connectivity index (χ2v) is 6.38. The lowest BCUT2D eigenvalue weighted by Crippen LogP contribution is -2.06. The van der Waals surface area contributed by atoms with Crippen LogP contribution < -0.4 is 0 Å². The number of nitrogens with one attached hydrogen (secondary N) is 1. The van der Waals surface area contributed by atoms with E-state index in [4.69, 9.17) is 11.6 Å². The van der Waals surface area contributed by atoms with Crippen LogP contribution in [-0.2, 0) is 6.18 Å². The number of alkyl halides is 6. The molecule has 0 saturated heterocycles. The highest BCUT2D eigenvalue weighted by molar-refractivity contribution is 9.10. The standard InChI is InChI=1S/C12H5BrClF6NS/c13-7-9(22-12(18,19)20)8(21-10(7)11(15,16)17)5-1-3-6(14)4-2-5/h1-4,21H. The van der Waals surface area contributed by atoms with Gasteiger partial charge in [0.2, 0.25) is 0 Å². The molecular formula is C12H5BrClF6NS. The number of H-pyrrole nitrogens is 1. The van der Waals surface area contributed by atoms with Gasteiger partial charge in [-0.15, -0.1) is 0 Å². The lowest BCUT2D eigenvalue weighted by Gasteiger charge is -2.08. The van der Waals surface area contributed by atoms with Gasteiger partial charge in [0.25, 0.3) is 0 Å². The lowest BCUT2D eigenvalue weighted by atomic mass is 10.2. The van der Waals surface area contributed by atoms with Crippen LogP contribution in [0.15, 0.2) is 33.6 Å². The summed E-state index contributed by atoms with van der Waals surface area (Å²) in [5.41, 5.74) is -6.12. The topological polar surface area (TPSA) is 15.8 Å². The number of halogens is 8. The molecule has 0 fully saturated rings. The summed E-state index contributed by atoms with van der Waals surface area (Å²) >= 11 is 7.65. The average Bonchev–Trinajstić information content (AvgIpc) is 2.66. The summed E-state index contributed by atoms with van der Waals surface area (Å²) in [5, 5.41) is 0.315. The highest BCUT2D eigenvalue weighted by Gasteiger charge is 2.40. The highest BCUT2D eigenvalue weighted by atomic mass is 79.9. The minimum atomic E-state index is -4.82. The van der Waals surface area contributed by atoms with Gasteiger partial charge in [-0.2, -0.15) is 26.3 Å². The molecule has 1 N–H and O–H groups in total. The Balaban J connectivity index is 2.63. The molecule has 0 atom stereocenters. The van der Waals surface area contributed by atoms with E-state index in [1.165, 1.54) is 24.3 Å². The van der Waals surface area contributed by atoms with Crippen LogP contribution in [0.4, 0.5) is 26.3 Å². The fourth-order valence-electron chi connectivity index (χ4n) is 1.69. The predicted molar refractivity (Wildman–Crippen MR) is 75.9 cm³/mol. The smallest absolute Gasteiger partial charge is 0.349 e. The predicted octanol–water partition coefficient (Wildman–Crippen LogP) is 6.73. The van der Waals surface area contributed by atoms with E-state index in [0.717, 1.165) is 0 Å². The third-order valence-electron chi connectivity index (χ3n) is 2.53. The van der Waals surface area contributed by atoms with E-state index in [9.17, 15) is 26.3 Å². The Hall–Kier alpha value is -0.800. The normalized spacial score (nSPS) is 12.7. The van der Waals surface area contributed by atoms with Crippen molar-refractivity contribution < 1.29 is 26.3 Å². The first-order valence-electron chi connectivity index (χ1n) is 5.49. The maximum Gasteiger partial charge on any atom is 0.446 e. The summed E-state index contributed by atoms with van der Waals surface area (Å²) in [6, 6.07) is 5.42. The zero-order valence-electron chi connectivity index (χ0n) is 10.2. The zero-order chi connectivity index (χ0) is 16.7. The molecule has 120 valence electrons. The Morgan fingerprint density at radius 3 is 2.00 bits per heavy atom. The molecule has 0 spiro atoms. The van der Waals surface area contributed by atoms with Crippen LogP contribution in [0.3, 0.4) is 0 Å². The molecule has 0 radical (unpaired) electrons. The van der Waals surface area contributed by atoms with E-state index < -0.39 is 38.5 Å². The van der Waals surface area contributed by atoms with Crippen LogP contribution in [-0.4, -0.2) is 10.5 Å². The van der Waals surface area contributed by atoms with E-state index in [0.29, 0.717) is 5.02 Å². The first kappa shape index (κ1) is 17.6. The van der Waals surface area contributed by atoms with Crippen molar-refractivity contribution in [2.24, 2.45) is 0 Å². The Labute approximate surface area is 138 Å². The van der Waals surface area contributed by atoms with Crippen molar-refractivity contribution in [1.29, 1.82) is 0 Å². The molecule has 0 unspecified atom stereocenters. The number of thioether (sulfide) groups is 1. The largest absolute Gasteiger partial charge is 0.446 e. The molecule has 0 aliphatic carbocycles. The molecule has 0 amide bonds. The van der Waals surface area contributed by atoms with E-state index in [2.05, 4.69) is 15.9 Å². The molecule has 22 heavy (non-hydrogen) atoms. The van der Waals surface area contributed by atoms with Crippen molar-refractivity contribution in [3.05, 3.63) is 39.5 Å². The van der Waals surface area contributed by atoms with Gasteiger partial charge in [-0.05, 0) is 45.4 Å². The molecule has 0 aliphatic rings. The average molecular weight is 425 g/mol. The molecule has 1 heterocycles. The fourth-order valence-corrected chi connectivity index (χ4v) is 3.27. The van der Waals surface area contributed by atoms with Crippen LogP contribution in [0, 0.1) is 0 Å². The number of rotatable bonds is 2. The molecule has 0 aliphatic heterocycles. The molecule has 10 heteroatoms. The quantitative estimate of drug-likeness (QED) is 0.417. The zero-order valence-corrected chi connectivity index (χ0v) is 13.4. The summed E-state index contributed by atoms with van der Waals surface area (Å²) in [7, 11) is 0. The lowest BCUT2D eigenvalue weighted by molar-refractivity contribution is -0.141. The summed E-state index contributed by atoms with van der Waals surface area (Å²) in [4.78, 5) is 1.43. The van der Waals surface area contributed by atoms with Crippen molar-refractivity contribution in [3.63, 3.8) is 0 Å². The van der Waals surface area contributed by atoms with Gasteiger partial charge < -0.3 is 4.98 Å². The Morgan fingerprint density at radius 1 is 1.00 bits per heavy atom. The third kappa shape index (κ3) is 3.94. The van der Waals surface area contributed by atoms with E-state index in [-0.39, 0.29) is 11.3 Å². The maximum atomic E-state index is 12.9. The van der Waals surface area contributed by atoms with E-state index in [1.54, 1.807) is 0 Å². The van der Waals surface area contributed by atoms with Gasteiger partial charge in [0.05, 0.1) is 15.1 Å². The van der Waals surface area contributed by atoms with Gasteiger partial charge >= 0.3 is 11.7 Å². The minimum absolute atomic E-state index is 0.160. The van der Waals surface area contributed by atoms with E-state index >= 15 is 0 Å². The second-order valence-electron chi connectivity index (χ2n) is 4.07. The van der Waals surface area contributed by atoms with Crippen LogP contribution >= 0.6 is 39.3 Å². The second kappa shape index (κ2) is 6.01. The first-order chi connectivity index (χ1) is 9.99. The van der Waals surface area contributed by atoms with Gasteiger partial charge in [0.15, 0.2) is 0 Å². The van der Waals surface area contributed by atoms with Crippen molar-refractivity contribution >= 4 is 39.3 Å². The third-order valence-corrected chi connectivity index (χ3v) is 4.68. The Kier molecular flexibility index (Phi) is 4.79. The first-order valence-corrected chi connectivity index (χ1v) is 7.48. The van der Waals surface area contributed by atoms with Crippen LogP contribution in [0.5, 0.6) is 0 Å². The van der Waals surface area contributed by atoms with Gasteiger partial charge in [-0.3, -0.25) is 0 Å². The van der Waals surface area contributed by atoms with Gasteiger partial charge in [-0.25, -0.2) is 0 Å². The molecular weight excluding hydrogens is 420 g/mol. The SMILES string of the molecule is FC(F)(F)Sc1c(-c2ccc(Cl)cc2)[nH]c(C(F)(F)F)c1Br. The van der Waals surface area contributed by atoms with Crippen molar-refractivity contribution in [2.45, 2.75) is 16.6 Å². The maximum absolute atomic E-state index is 12.9. The van der Waals surface area contributed by atoms with Crippen molar-refractivity contribution in [2.75, 3.05) is 0 Å². The number of benzene rings is 1. The van der Waals surface area contributed by atoms with Crippen molar-refractivity contribution in [3.8, 4) is 11.3 Å². The van der Waals surface area contributed by atoms with Gasteiger partial charge in [0, 0.05) is 5.02 Å². The summed E-state index contributed by atoms with van der Waals surface area (Å²) in [6.45, 7) is 0. The number of aromatic amines is 1. The van der Waals surface area contributed by atoms with Crippen LogP contribution in [0.2, 0.25) is 5.02 Å². The Bertz CT molecular complexity index is 677. The number of aromatic nitrogens is 1. The molecule has 2 aromatic rings. The van der Waals surface area contributed by atoms with E-state index in [1.807, 2.05) is 4.98 Å². The number of hydrogen-bond acceptors (Lipinski definition) is 1. The minimum Gasteiger partial charge on any atom is -0.349 e. The highest BCUT2D eigenvalue weighted by Crippen LogP contribution is 2.49. The van der Waals surface area contributed by atoms with Crippen molar-refractivity contribution in [1.82, 2.24) is 4.98 Å². The number of hydrogen-bond donors (Lipinski definition) is 1. The summed E-state index contributed by atoms with van der Waals surface area (Å²) in [5.74, 6) is 0. The molecule has 1 aromatic heterocycles. The Morgan fingerprint density at radius 2 is 1.55 bits per heavy atom. The summed E-state index contributed by atoms with van der Waals surface area (Å²) < 4.78 is 75.8. The van der Waals surface area contributed by atoms with Crippen LogP contribution in [0.25, 0.3) is 11.3 Å². The summed E-state index contributed by atoms with van der Waals surface area (Å²) in [6.07, 6.45) is -4.82. The fraction of sp³-hybridized carbons (Fsp3) is 0.167. The molecule has 1 aromatic carbocycles. The monoisotopic (exact) mass is 423 g/mol. The molecule has 0 saturated carbocycles. The molecule has 0 bridgehead atoms. The van der Waals surface area contributed by atoms with Gasteiger partial charge in [-0.1, -0.05) is 23.7 Å². The molecule has 1 nitrogen and oxygen atoms in total.